The normalized spacial score (nSPS) is 10.6. The molecule has 2 aromatic rings. The maximum Gasteiger partial charge on any atom is 0.159 e. The highest BCUT2D eigenvalue weighted by Crippen LogP contribution is 2.10. The SMILES string of the molecule is Cn1ncc2ccc(N)nc21. The Morgan fingerprint density at radius 1 is 1.45 bits per heavy atom. The third-order valence-electron chi connectivity index (χ3n) is 1.60. The maximum atomic E-state index is 5.50. The molecule has 0 bridgehead atoms. The fraction of sp³-hybridized carbons (Fsp3) is 0.143. The van der Waals surface area contributed by atoms with Crippen LogP contribution in [0.25, 0.3) is 11.0 Å². The Kier molecular flexibility index (Phi) is 1.09. The molecule has 0 aliphatic heterocycles. The third kappa shape index (κ3) is 0.832. The molecule has 11 heavy (non-hydrogen) atoms. The van der Waals surface area contributed by atoms with Crippen molar-refractivity contribution in [3.63, 3.8) is 0 Å². The van der Waals surface area contributed by atoms with Crippen LogP contribution in [-0.2, 0) is 7.05 Å². The summed E-state index contributed by atoms with van der Waals surface area (Å²) < 4.78 is 1.70. The van der Waals surface area contributed by atoms with Crippen LogP contribution in [0.4, 0.5) is 5.82 Å². The van der Waals surface area contributed by atoms with Crippen LogP contribution in [0.1, 0.15) is 0 Å². The van der Waals surface area contributed by atoms with Crippen LogP contribution in [0.15, 0.2) is 18.3 Å². The van der Waals surface area contributed by atoms with Gasteiger partial charge in [0.05, 0.1) is 6.20 Å². The molecule has 4 heteroatoms. The quantitative estimate of drug-likeness (QED) is 0.593. The first-order chi connectivity index (χ1) is 5.27. The molecule has 0 amide bonds. The summed E-state index contributed by atoms with van der Waals surface area (Å²) in [5.74, 6) is 0.529. The number of hydrogen-bond acceptors (Lipinski definition) is 3. The van der Waals surface area contributed by atoms with Gasteiger partial charge in [-0.2, -0.15) is 5.10 Å². The van der Waals surface area contributed by atoms with Crippen LogP contribution < -0.4 is 5.73 Å². The first-order valence-corrected chi connectivity index (χ1v) is 3.31. The number of nitrogens with two attached hydrogens (primary N) is 1. The number of nitrogens with zero attached hydrogens (tertiary/aromatic N) is 3. The van der Waals surface area contributed by atoms with Gasteiger partial charge in [-0.3, -0.25) is 4.68 Å². The molecule has 56 valence electrons. The predicted octanol–water partition coefficient (Wildman–Crippen LogP) is 0.550. The predicted molar refractivity (Wildman–Crippen MR) is 42.9 cm³/mol. The topological polar surface area (TPSA) is 56.7 Å². The van der Waals surface area contributed by atoms with Gasteiger partial charge < -0.3 is 5.73 Å². The zero-order valence-corrected chi connectivity index (χ0v) is 6.15. The Bertz CT molecular complexity index is 390. The minimum Gasteiger partial charge on any atom is -0.384 e. The summed E-state index contributed by atoms with van der Waals surface area (Å²) in [6, 6.07) is 3.68. The second-order valence-corrected chi connectivity index (χ2v) is 2.42. The Morgan fingerprint density at radius 3 is 3.09 bits per heavy atom. The number of hydrogen-bond donors (Lipinski definition) is 1. The van der Waals surface area contributed by atoms with Gasteiger partial charge in [-0.25, -0.2) is 4.98 Å². The second kappa shape index (κ2) is 1.95. The van der Waals surface area contributed by atoms with Crippen molar-refractivity contribution in [3.05, 3.63) is 18.3 Å². The van der Waals surface area contributed by atoms with Crippen molar-refractivity contribution in [1.29, 1.82) is 0 Å². The average Bonchev–Trinajstić information content (AvgIpc) is 2.33. The van der Waals surface area contributed by atoms with Crippen molar-refractivity contribution in [2.45, 2.75) is 0 Å². The molecule has 2 rings (SSSR count). The summed E-state index contributed by atoms with van der Waals surface area (Å²) in [4.78, 5) is 4.11. The molecule has 0 saturated heterocycles. The zero-order valence-electron chi connectivity index (χ0n) is 6.15. The molecule has 0 radical (unpaired) electrons. The largest absolute Gasteiger partial charge is 0.384 e. The molecule has 0 aromatic carbocycles. The number of rotatable bonds is 0. The Labute approximate surface area is 63.6 Å². The number of aryl methyl sites for hydroxylation is 1. The summed E-state index contributed by atoms with van der Waals surface area (Å²) in [7, 11) is 1.84. The molecule has 0 aliphatic carbocycles. The van der Waals surface area contributed by atoms with Crippen LogP contribution in [0, 0.1) is 0 Å². The van der Waals surface area contributed by atoms with E-state index >= 15 is 0 Å². The maximum absolute atomic E-state index is 5.50. The van der Waals surface area contributed by atoms with Crippen molar-refractivity contribution < 1.29 is 0 Å². The van der Waals surface area contributed by atoms with Gasteiger partial charge in [-0.1, -0.05) is 0 Å². The molecule has 0 unspecified atom stereocenters. The van der Waals surface area contributed by atoms with Gasteiger partial charge in [0.25, 0.3) is 0 Å². The van der Waals surface area contributed by atoms with Crippen molar-refractivity contribution in [3.8, 4) is 0 Å². The van der Waals surface area contributed by atoms with E-state index in [1.165, 1.54) is 0 Å². The molecule has 0 atom stereocenters. The third-order valence-corrected chi connectivity index (χ3v) is 1.60. The molecular weight excluding hydrogens is 140 g/mol. The van der Waals surface area contributed by atoms with E-state index in [2.05, 4.69) is 10.1 Å². The highest BCUT2D eigenvalue weighted by Gasteiger charge is 1.98. The summed E-state index contributed by atoms with van der Waals surface area (Å²) in [5.41, 5.74) is 6.32. The lowest BCUT2D eigenvalue weighted by atomic mass is 10.3. The van der Waals surface area contributed by atoms with E-state index in [4.69, 9.17) is 5.73 Å². The average molecular weight is 148 g/mol. The first-order valence-electron chi connectivity index (χ1n) is 3.31. The van der Waals surface area contributed by atoms with E-state index in [0.29, 0.717) is 5.82 Å². The highest BCUT2D eigenvalue weighted by atomic mass is 15.3. The molecule has 2 N–H and O–H groups in total. The van der Waals surface area contributed by atoms with Gasteiger partial charge in [-0.05, 0) is 12.1 Å². The Hall–Kier alpha value is -1.58. The van der Waals surface area contributed by atoms with Gasteiger partial charge in [0, 0.05) is 12.4 Å². The lowest BCUT2D eigenvalue weighted by molar-refractivity contribution is 0.787. The van der Waals surface area contributed by atoms with Crippen LogP contribution in [-0.4, -0.2) is 14.8 Å². The fourth-order valence-corrected chi connectivity index (χ4v) is 1.04. The fourth-order valence-electron chi connectivity index (χ4n) is 1.04. The number of fused-ring (bicyclic) bond motifs is 1. The van der Waals surface area contributed by atoms with Gasteiger partial charge in [-0.15, -0.1) is 0 Å². The standard InChI is InChI=1S/C7H8N4/c1-11-7-5(4-9-11)2-3-6(8)10-7/h2-4H,1H3,(H2,8,10). The van der Waals surface area contributed by atoms with Crippen LogP contribution >= 0.6 is 0 Å². The lowest BCUT2D eigenvalue weighted by Crippen LogP contribution is -1.94. The van der Waals surface area contributed by atoms with Crippen molar-refractivity contribution in [2.75, 3.05) is 5.73 Å². The number of aromatic nitrogens is 3. The Morgan fingerprint density at radius 2 is 2.27 bits per heavy atom. The molecule has 2 heterocycles. The smallest absolute Gasteiger partial charge is 0.159 e. The number of pyridine rings is 1. The number of nitrogen functional groups attached to an aromatic ring is 1. The molecular formula is C7H8N4. The van der Waals surface area contributed by atoms with Crippen LogP contribution in [0.2, 0.25) is 0 Å². The van der Waals surface area contributed by atoms with Crippen LogP contribution in [0.5, 0.6) is 0 Å². The van der Waals surface area contributed by atoms with Crippen molar-refractivity contribution >= 4 is 16.9 Å². The highest BCUT2D eigenvalue weighted by molar-refractivity contribution is 5.75. The summed E-state index contributed by atoms with van der Waals surface area (Å²) in [6.07, 6.45) is 1.77. The summed E-state index contributed by atoms with van der Waals surface area (Å²) in [6.45, 7) is 0. The van der Waals surface area contributed by atoms with Crippen LogP contribution in [0.3, 0.4) is 0 Å². The minimum atomic E-state index is 0.529. The minimum absolute atomic E-state index is 0.529. The summed E-state index contributed by atoms with van der Waals surface area (Å²) in [5, 5.41) is 5.05. The van der Waals surface area contributed by atoms with E-state index in [1.807, 2.05) is 13.1 Å². The van der Waals surface area contributed by atoms with Gasteiger partial charge in [0.2, 0.25) is 0 Å². The van der Waals surface area contributed by atoms with Crippen molar-refractivity contribution in [2.24, 2.45) is 7.05 Å². The van der Waals surface area contributed by atoms with Gasteiger partial charge in [0.1, 0.15) is 5.82 Å². The van der Waals surface area contributed by atoms with E-state index < -0.39 is 0 Å². The molecule has 0 saturated carbocycles. The monoisotopic (exact) mass is 148 g/mol. The number of anilines is 1. The Balaban J connectivity index is 2.87. The first kappa shape index (κ1) is 6.15. The molecule has 4 nitrogen and oxygen atoms in total. The van der Waals surface area contributed by atoms with E-state index in [-0.39, 0.29) is 0 Å². The van der Waals surface area contributed by atoms with Crippen molar-refractivity contribution in [1.82, 2.24) is 14.8 Å². The summed E-state index contributed by atoms with van der Waals surface area (Å²) >= 11 is 0. The van der Waals surface area contributed by atoms with E-state index in [0.717, 1.165) is 11.0 Å². The van der Waals surface area contributed by atoms with Gasteiger partial charge >= 0.3 is 0 Å². The zero-order chi connectivity index (χ0) is 7.84. The molecule has 2 aromatic heterocycles. The molecule has 0 fully saturated rings. The van der Waals surface area contributed by atoms with E-state index in [9.17, 15) is 0 Å². The second-order valence-electron chi connectivity index (χ2n) is 2.42. The molecule has 0 spiro atoms. The van der Waals surface area contributed by atoms with Gasteiger partial charge in [0.15, 0.2) is 5.65 Å². The van der Waals surface area contributed by atoms with E-state index in [1.54, 1.807) is 16.9 Å². The lowest BCUT2D eigenvalue weighted by Gasteiger charge is -1.93. The molecule has 0 aliphatic rings.